The number of rotatable bonds is 9. The Hall–Kier alpha value is -3.65. The van der Waals surface area contributed by atoms with Gasteiger partial charge < -0.3 is 10.1 Å². The van der Waals surface area contributed by atoms with E-state index in [9.17, 15) is 13.2 Å². The Bertz CT molecular complexity index is 1380. The summed E-state index contributed by atoms with van der Waals surface area (Å²) in [6.07, 6.45) is 0. The number of nitrogens with zero attached hydrogens (tertiary/aromatic N) is 1. The van der Waals surface area contributed by atoms with Gasteiger partial charge in [0, 0.05) is 11.6 Å². The van der Waals surface area contributed by atoms with Crippen LogP contribution in [-0.4, -0.2) is 25.2 Å². The van der Waals surface area contributed by atoms with E-state index in [0.717, 1.165) is 9.87 Å². The summed E-state index contributed by atoms with van der Waals surface area (Å²) in [5.74, 6) is 0.565. The number of ether oxygens (including phenoxy) is 1. The second kappa shape index (κ2) is 11.2. The Morgan fingerprint density at radius 3 is 2.09 bits per heavy atom. The minimum Gasteiger partial charge on any atom is -0.455 e. The molecule has 0 aliphatic carbocycles. The maximum absolute atomic E-state index is 13.4. The molecule has 0 aromatic heterocycles. The first kappa shape index (κ1) is 24.5. The molecule has 0 bridgehead atoms. The highest BCUT2D eigenvalue weighted by Crippen LogP contribution is 2.29. The molecule has 4 aromatic rings. The molecule has 0 saturated heterocycles. The molecule has 35 heavy (non-hydrogen) atoms. The molecule has 0 fully saturated rings. The number of carbonyl (C=O) groups is 1. The predicted molar refractivity (Wildman–Crippen MR) is 137 cm³/mol. The van der Waals surface area contributed by atoms with Crippen LogP contribution in [0.3, 0.4) is 0 Å². The normalized spacial score (nSPS) is 11.3. The molecule has 0 aliphatic rings. The van der Waals surface area contributed by atoms with E-state index in [1.165, 1.54) is 24.3 Å². The first-order chi connectivity index (χ1) is 16.9. The Morgan fingerprint density at radius 2 is 1.40 bits per heavy atom. The Labute approximate surface area is 209 Å². The first-order valence-electron chi connectivity index (χ1n) is 10.8. The van der Waals surface area contributed by atoms with Crippen LogP contribution in [0.1, 0.15) is 5.56 Å². The third kappa shape index (κ3) is 6.48. The molecule has 8 heteroatoms. The number of carbonyl (C=O) groups excluding carboxylic acids is 1. The number of hydrogen-bond acceptors (Lipinski definition) is 4. The molecule has 6 nitrogen and oxygen atoms in total. The molecular weight excluding hydrogens is 484 g/mol. The summed E-state index contributed by atoms with van der Waals surface area (Å²) in [5.41, 5.74) is 1.19. The molecule has 0 heterocycles. The van der Waals surface area contributed by atoms with Gasteiger partial charge in [0.25, 0.3) is 0 Å². The topological polar surface area (TPSA) is 75.7 Å². The maximum atomic E-state index is 13.4. The highest BCUT2D eigenvalue weighted by Gasteiger charge is 2.27. The molecule has 4 aromatic carbocycles. The molecule has 178 valence electrons. The van der Waals surface area contributed by atoms with Crippen molar-refractivity contribution in [3.63, 3.8) is 0 Å². The number of anilines is 1. The second-order valence-corrected chi connectivity index (χ2v) is 10.0. The van der Waals surface area contributed by atoms with Gasteiger partial charge in [-0.05, 0) is 54.1 Å². The molecule has 4 rings (SSSR count). The summed E-state index contributed by atoms with van der Waals surface area (Å²) in [4.78, 5) is 13.1. The van der Waals surface area contributed by atoms with Crippen LogP contribution in [-0.2, 0) is 21.4 Å². The van der Waals surface area contributed by atoms with Crippen molar-refractivity contribution in [3.8, 4) is 11.5 Å². The van der Waals surface area contributed by atoms with Crippen LogP contribution in [0.2, 0.25) is 5.02 Å². The molecule has 0 aliphatic heterocycles. The van der Waals surface area contributed by atoms with Crippen LogP contribution in [0.5, 0.6) is 11.5 Å². The quantitative estimate of drug-likeness (QED) is 0.304. The van der Waals surface area contributed by atoms with Gasteiger partial charge in [-0.1, -0.05) is 72.3 Å². The van der Waals surface area contributed by atoms with E-state index in [-0.39, 0.29) is 18.0 Å². The zero-order valence-electron chi connectivity index (χ0n) is 18.7. The standard InChI is InChI=1S/C27H23ClN2O4S/c28-22-15-17-24(18-16-22)35(32,33)30(19-21-9-3-1-4-10-21)20-27(31)29-25-13-7-8-14-26(25)34-23-11-5-2-6-12-23/h1-18H,19-20H2,(H,29,31). The summed E-state index contributed by atoms with van der Waals surface area (Å²) in [6, 6.07) is 31.1. The summed E-state index contributed by atoms with van der Waals surface area (Å²) in [7, 11) is -3.98. The SMILES string of the molecule is O=C(CN(Cc1ccccc1)S(=O)(=O)c1ccc(Cl)cc1)Nc1ccccc1Oc1ccccc1. The van der Waals surface area contributed by atoms with Crippen LogP contribution >= 0.6 is 11.6 Å². The van der Waals surface area contributed by atoms with Crippen molar-refractivity contribution in [1.29, 1.82) is 0 Å². The number of benzene rings is 4. The van der Waals surface area contributed by atoms with Gasteiger partial charge in [0.15, 0.2) is 5.75 Å². The third-order valence-corrected chi connectivity index (χ3v) is 7.16. The Balaban J connectivity index is 1.57. The monoisotopic (exact) mass is 506 g/mol. The van der Waals surface area contributed by atoms with Crippen LogP contribution in [0, 0.1) is 0 Å². The number of amides is 1. The fourth-order valence-electron chi connectivity index (χ4n) is 3.39. The van der Waals surface area contributed by atoms with Gasteiger partial charge in [0.2, 0.25) is 15.9 Å². The Kier molecular flexibility index (Phi) is 7.82. The average Bonchev–Trinajstić information content (AvgIpc) is 2.86. The molecule has 1 N–H and O–H groups in total. The van der Waals surface area contributed by atoms with E-state index in [0.29, 0.717) is 22.2 Å². The lowest BCUT2D eigenvalue weighted by Crippen LogP contribution is -2.37. The van der Waals surface area contributed by atoms with E-state index in [2.05, 4.69) is 5.32 Å². The fraction of sp³-hybridized carbons (Fsp3) is 0.0741. The van der Waals surface area contributed by atoms with Crippen LogP contribution in [0.4, 0.5) is 5.69 Å². The van der Waals surface area contributed by atoms with E-state index in [1.54, 1.807) is 36.4 Å². The summed E-state index contributed by atoms with van der Waals surface area (Å²) in [5, 5.41) is 3.21. The van der Waals surface area contributed by atoms with Crippen molar-refractivity contribution in [2.24, 2.45) is 0 Å². The van der Waals surface area contributed by atoms with Crippen molar-refractivity contribution in [3.05, 3.63) is 120 Å². The van der Waals surface area contributed by atoms with E-state index < -0.39 is 15.9 Å². The van der Waals surface area contributed by atoms with Crippen molar-refractivity contribution >= 4 is 33.2 Å². The summed E-state index contributed by atoms with van der Waals surface area (Å²) < 4.78 is 33.9. The van der Waals surface area contributed by atoms with Crippen molar-refractivity contribution < 1.29 is 17.9 Å². The maximum Gasteiger partial charge on any atom is 0.243 e. The number of hydrogen-bond donors (Lipinski definition) is 1. The second-order valence-electron chi connectivity index (χ2n) is 7.67. The zero-order chi connectivity index (χ0) is 24.7. The highest BCUT2D eigenvalue weighted by molar-refractivity contribution is 7.89. The molecule has 0 spiro atoms. The summed E-state index contributed by atoms with van der Waals surface area (Å²) >= 11 is 5.93. The van der Waals surface area contributed by atoms with Crippen LogP contribution in [0.15, 0.2) is 114 Å². The van der Waals surface area contributed by atoms with E-state index in [1.807, 2.05) is 48.5 Å². The molecule has 0 unspecified atom stereocenters. The molecule has 0 saturated carbocycles. The van der Waals surface area contributed by atoms with Gasteiger partial charge >= 0.3 is 0 Å². The van der Waals surface area contributed by atoms with Crippen LogP contribution < -0.4 is 10.1 Å². The number of sulfonamides is 1. The molecule has 0 radical (unpaired) electrons. The molecule has 1 amide bonds. The van der Waals surface area contributed by atoms with Gasteiger partial charge in [-0.25, -0.2) is 8.42 Å². The van der Waals surface area contributed by atoms with Crippen molar-refractivity contribution in [1.82, 2.24) is 4.31 Å². The minimum absolute atomic E-state index is 0.0291. The smallest absolute Gasteiger partial charge is 0.243 e. The van der Waals surface area contributed by atoms with Gasteiger partial charge in [0.05, 0.1) is 17.1 Å². The number of halogens is 1. The van der Waals surface area contributed by atoms with Crippen molar-refractivity contribution in [2.75, 3.05) is 11.9 Å². The van der Waals surface area contributed by atoms with Gasteiger partial charge in [-0.15, -0.1) is 0 Å². The fourth-order valence-corrected chi connectivity index (χ4v) is 4.90. The van der Waals surface area contributed by atoms with E-state index in [4.69, 9.17) is 16.3 Å². The average molecular weight is 507 g/mol. The molecule has 0 atom stereocenters. The third-order valence-electron chi connectivity index (χ3n) is 5.11. The van der Waals surface area contributed by atoms with Gasteiger partial charge in [-0.3, -0.25) is 4.79 Å². The zero-order valence-corrected chi connectivity index (χ0v) is 20.2. The lowest BCUT2D eigenvalue weighted by atomic mass is 10.2. The van der Waals surface area contributed by atoms with E-state index >= 15 is 0 Å². The van der Waals surface area contributed by atoms with Gasteiger partial charge in [0.1, 0.15) is 5.75 Å². The van der Waals surface area contributed by atoms with Gasteiger partial charge in [-0.2, -0.15) is 4.31 Å². The largest absolute Gasteiger partial charge is 0.455 e. The predicted octanol–water partition coefficient (Wildman–Crippen LogP) is 5.96. The highest BCUT2D eigenvalue weighted by atomic mass is 35.5. The summed E-state index contributed by atoms with van der Waals surface area (Å²) in [6.45, 7) is -0.360. The van der Waals surface area contributed by atoms with Crippen molar-refractivity contribution in [2.45, 2.75) is 11.4 Å². The lowest BCUT2D eigenvalue weighted by Gasteiger charge is -2.22. The van der Waals surface area contributed by atoms with Crippen LogP contribution in [0.25, 0.3) is 0 Å². The Morgan fingerprint density at radius 1 is 0.800 bits per heavy atom. The molecular formula is C27H23ClN2O4S. The lowest BCUT2D eigenvalue weighted by molar-refractivity contribution is -0.116. The number of nitrogens with one attached hydrogen (secondary N) is 1. The number of para-hydroxylation sites is 3. The first-order valence-corrected chi connectivity index (χ1v) is 12.6. The minimum atomic E-state index is -3.98.